The Bertz CT molecular complexity index is 1080. The van der Waals surface area contributed by atoms with Gasteiger partial charge in [0.05, 0.1) is 5.69 Å². The average molecular weight is 395 g/mol. The van der Waals surface area contributed by atoms with Gasteiger partial charge in [0.1, 0.15) is 12.4 Å². The quantitative estimate of drug-likeness (QED) is 0.455. The second-order valence-corrected chi connectivity index (χ2v) is 7.00. The van der Waals surface area contributed by atoms with Gasteiger partial charge in [-0.05, 0) is 29.8 Å². The zero-order chi connectivity index (χ0) is 20.6. The second kappa shape index (κ2) is 9.52. The lowest BCUT2D eigenvalue weighted by Gasteiger charge is -2.08. The van der Waals surface area contributed by atoms with E-state index in [1.54, 1.807) is 12.1 Å². The molecule has 0 spiro atoms. The highest BCUT2D eigenvalue weighted by Crippen LogP contribution is 2.15. The van der Waals surface area contributed by atoms with E-state index in [2.05, 4.69) is 22.0 Å². The first-order valence-electron chi connectivity index (χ1n) is 9.87. The zero-order valence-corrected chi connectivity index (χ0v) is 16.6. The third kappa shape index (κ3) is 5.32. The maximum atomic E-state index is 12.5. The van der Waals surface area contributed by atoms with Crippen LogP contribution in [0.15, 0.2) is 109 Å². The van der Waals surface area contributed by atoms with E-state index in [-0.39, 0.29) is 5.91 Å². The minimum absolute atomic E-state index is 0.148. The summed E-state index contributed by atoms with van der Waals surface area (Å²) in [6.45, 7) is 1.29. The number of carbonyl (C=O) groups is 1. The molecule has 1 N–H and O–H groups in total. The zero-order valence-electron chi connectivity index (χ0n) is 16.6. The lowest BCUT2D eigenvalue weighted by Crippen LogP contribution is -2.33. The molecule has 4 heteroatoms. The van der Waals surface area contributed by atoms with Crippen molar-refractivity contribution < 1.29 is 14.1 Å². The molecule has 0 aliphatic carbocycles. The predicted molar refractivity (Wildman–Crippen MR) is 117 cm³/mol. The van der Waals surface area contributed by atoms with Gasteiger partial charge in [0.25, 0.3) is 5.91 Å². The number of rotatable bonds is 7. The van der Waals surface area contributed by atoms with Crippen LogP contribution in [-0.4, -0.2) is 5.91 Å². The number of pyridine rings is 1. The fraction of sp³-hybridized carbons (Fsp3) is 0.0769. The summed E-state index contributed by atoms with van der Waals surface area (Å²) in [5.41, 5.74) is 3.68. The Hall–Kier alpha value is -3.92. The van der Waals surface area contributed by atoms with Crippen LogP contribution in [0.4, 0.5) is 5.69 Å². The van der Waals surface area contributed by atoms with Gasteiger partial charge >= 0.3 is 0 Å². The second-order valence-electron chi connectivity index (χ2n) is 7.00. The largest absolute Gasteiger partial charge is 0.489 e. The van der Waals surface area contributed by atoms with Crippen molar-refractivity contribution in [3.05, 3.63) is 126 Å². The smallest absolute Gasteiger partial charge is 0.255 e. The van der Waals surface area contributed by atoms with E-state index in [1.165, 1.54) is 5.56 Å². The van der Waals surface area contributed by atoms with Gasteiger partial charge in [-0.25, -0.2) is 4.57 Å². The molecule has 148 valence electrons. The van der Waals surface area contributed by atoms with Gasteiger partial charge in [-0.1, -0.05) is 60.7 Å². The summed E-state index contributed by atoms with van der Waals surface area (Å²) in [6, 6.07) is 31.2. The summed E-state index contributed by atoms with van der Waals surface area (Å²) in [4.78, 5) is 12.5. The molecule has 0 bridgehead atoms. The lowest BCUT2D eigenvalue weighted by molar-refractivity contribution is -0.688. The minimum Gasteiger partial charge on any atom is -0.489 e. The summed E-state index contributed by atoms with van der Waals surface area (Å²) >= 11 is 0. The van der Waals surface area contributed by atoms with Gasteiger partial charge in [0.15, 0.2) is 18.9 Å². The Morgan fingerprint density at radius 2 is 1.33 bits per heavy atom. The first-order valence-corrected chi connectivity index (χ1v) is 9.87. The maximum absolute atomic E-state index is 12.5. The van der Waals surface area contributed by atoms with E-state index in [0.717, 1.165) is 23.5 Å². The Morgan fingerprint density at radius 1 is 0.733 bits per heavy atom. The van der Waals surface area contributed by atoms with Gasteiger partial charge in [0, 0.05) is 23.3 Å². The molecular weight excluding hydrogens is 372 g/mol. The number of benzene rings is 3. The minimum atomic E-state index is -0.148. The number of anilines is 1. The summed E-state index contributed by atoms with van der Waals surface area (Å²) in [6.07, 6.45) is 3.92. The average Bonchev–Trinajstić information content (AvgIpc) is 2.81. The molecule has 1 amide bonds. The van der Waals surface area contributed by atoms with E-state index < -0.39 is 0 Å². The van der Waals surface area contributed by atoms with E-state index in [9.17, 15) is 4.79 Å². The van der Waals surface area contributed by atoms with Crippen LogP contribution in [-0.2, 0) is 13.2 Å². The lowest BCUT2D eigenvalue weighted by atomic mass is 10.2. The van der Waals surface area contributed by atoms with E-state index >= 15 is 0 Å². The molecule has 3 aromatic carbocycles. The highest BCUT2D eigenvalue weighted by molar-refractivity contribution is 6.04. The number of aromatic nitrogens is 1. The fourth-order valence-electron chi connectivity index (χ4n) is 3.09. The van der Waals surface area contributed by atoms with Crippen molar-refractivity contribution >= 4 is 11.6 Å². The van der Waals surface area contributed by atoms with Crippen molar-refractivity contribution in [2.75, 3.05) is 5.32 Å². The number of amides is 1. The van der Waals surface area contributed by atoms with Gasteiger partial charge in [-0.3, -0.25) is 4.79 Å². The molecule has 1 heterocycles. The first kappa shape index (κ1) is 19.4. The van der Waals surface area contributed by atoms with Crippen LogP contribution in [0.1, 0.15) is 21.5 Å². The Labute approximate surface area is 176 Å². The number of ether oxygens (including phenoxy) is 1. The number of nitrogens with one attached hydrogen (secondary N) is 1. The van der Waals surface area contributed by atoms with Crippen LogP contribution in [0.2, 0.25) is 0 Å². The van der Waals surface area contributed by atoms with E-state index in [0.29, 0.717) is 12.2 Å². The molecule has 4 aromatic rings. The van der Waals surface area contributed by atoms with Crippen molar-refractivity contribution in [3.8, 4) is 5.75 Å². The van der Waals surface area contributed by atoms with Crippen LogP contribution < -0.4 is 14.6 Å². The molecule has 0 aliphatic rings. The van der Waals surface area contributed by atoms with Crippen molar-refractivity contribution in [1.29, 1.82) is 0 Å². The van der Waals surface area contributed by atoms with Crippen LogP contribution in [0.3, 0.4) is 0 Å². The summed E-state index contributed by atoms with van der Waals surface area (Å²) in [5.74, 6) is 0.586. The molecule has 0 atom stereocenters. The number of nitrogens with zero attached hydrogens (tertiary/aromatic N) is 1. The van der Waals surface area contributed by atoms with Gasteiger partial charge in [0.2, 0.25) is 0 Å². The molecule has 0 saturated carbocycles. The summed E-state index contributed by atoms with van der Waals surface area (Å²) < 4.78 is 7.85. The van der Waals surface area contributed by atoms with Gasteiger partial charge in [-0.15, -0.1) is 0 Å². The molecule has 0 unspecified atom stereocenters. The summed E-state index contributed by atoms with van der Waals surface area (Å²) in [7, 11) is 0. The Kier molecular flexibility index (Phi) is 6.16. The standard InChI is InChI=1S/C26H22N2O2/c29-26(23-11-13-25(14-12-23)30-20-22-9-5-2-6-10-22)27-24-15-17-28(18-16-24)19-21-7-3-1-4-8-21/h1-18H,19-20H2/p+1. The molecule has 0 saturated heterocycles. The highest BCUT2D eigenvalue weighted by atomic mass is 16.5. The maximum Gasteiger partial charge on any atom is 0.255 e. The van der Waals surface area contributed by atoms with Crippen LogP contribution in [0.25, 0.3) is 0 Å². The van der Waals surface area contributed by atoms with E-state index in [1.807, 2.05) is 85.2 Å². The van der Waals surface area contributed by atoms with Crippen molar-refractivity contribution in [2.24, 2.45) is 0 Å². The summed E-state index contributed by atoms with van der Waals surface area (Å²) in [5, 5.41) is 2.93. The molecule has 1 aromatic heterocycles. The molecule has 4 rings (SSSR count). The predicted octanol–water partition coefficient (Wildman–Crippen LogP) is 4.85. The van der Waals surface area contributed by atoms with Crippen LogP contribution >= 0.6 is 0 Å². The molecule has 0 fully saturated rings. The van der Waals surface area contributed by atoms with Crippen molar-refractivity contribution in [2.45, 2.75) is 13.2 Å². The Morgan fingerprint density at radius 3 is 1.97 bits per heavy atom. The fourth-order valence-corrected chi connectivity index (χ4v) is 3.09. The normalized spacial score (nSPS) is 10.4. The van der Waals surface area contributed by atoms with Crippen LogP contribution in [0.5, 0.6) is 5.75 Å². The molecular formula is C26H23N2O2+. The van der Waals surface area contributed by atoms with E-state index in [4.69, 9.17) is 4.74 Å². The van der Waals surface area contributed by atoms with Crippen LogP contribution in [0, 0.1) is 0 Å². The van der Waals surface area contributed by atoms with Gasteiger partial charge in [-0.2, -0.15) is 0 Å². The molecule has 4 nitrogen and oxygen atoms in total. The van der Waals surface area contributed by atoms with Gasteiger partial charge < -0.3 is 10.1 Å². The molecule has 30 heavy (non-hydrogen) atoms. The number of carbonyl (C=O) groups excluding carboxylic acids is 1. The first-order chi connectivity index (χ1) is 14.8. The third-order valence-electron chi connectivity index (χ3n) is 4.72. The molecule has 0 radical (unpaired) electrons. The monoisotopic (exact) mass is 395 g/mol. The number of hydrogen-bond donors (Lipinski definition) is 1. The molecule has 0 aliphatic heterocycles. The SMILES string of the molecule is O=C(Nc1cc[n+](Cc2ccccc2)cc1)c1ccc(OCc2ccccc2)cc1. The highest BCUT2D eigenvalue weighted by Gasteiger charge is 2.08. The Balaban J connectivity index is 1.32. The van der Waals surface area contributed by atoms with Crippen molar-refractivity contribution in [3.63, 3.8) is 0 Å². The third-order valence-corrected chi connectivity index (χ3v) is 4.72. The van der Waals surface area contributed by atoms with Crippen molar-refractivity contribution in [1.82, 2.24) is 0 Å². The topological polar surface area (TPSA) is 42.2 Å². The number of hydrogen-bond acceptors (Lipinski definition) is 2.